The van der Waals surface area contributed by atoms with Gasteiger partial charge in [0.05, 0.1) is 11.3 Å². The van der Waals surface area contributed by atoms with Crippen molar-refractivity contribution in [1.82, 2.24) is 9.47 Å². The van der Waals surface area contributed by atoms with Gasteiger partial charge in [-0.15, -0.1) is 0 Å². The van der Waals surface area contributed by atoms with Gasteiger partial charge in [0.1, 0.15) is 11.6 Å². The molecular formula is C25H29ClN4O2. The third-order valence-electron chi connectivity index (χ3n) is 5.68. The highest BCUT2D eigenvalue weighted by Crippen LogP contribution is 2.25. The smallest absolute Gasteiger partial charge is 0.266 e. The molecular weight excluding hydrogens is 424 g/mol. The molecule has 168 valence electrons. The Bertz CT molecular complexity index is 1100. The Morgan fingerprint density at radius 1 is 1.22 bits per heavy atom. The molecule has 1 aromatic heterocycles. The van der Waals surface area contributed by atoms with E-state index in [1.54, 1.807) is 29.2 Å². The van der Waals surface area contributed by atoms with E-state index < -0.39 is 5.91 Å². The first-order valence-electron chi connectivity index (χ1n) is 10.9. The van der Waals surface area contributed by atoms with Crippen LogP contribution in [0.15, 0.2) is 29.8 Å². The number of amides is 2. The number of benzene rings is 1. The number of aryl methyl sites for hydroxylation is 1. The molecule has 1 saturated heterocycles. The molecule has 0 unspecified atom stereocenters. The van der Waals surface area contributed by atoms with E-state index in [0.717, 1.165) is 36.3 Å². The van der Waals surface area contributed by atoms with Crippen molar-refractivity contribution in [2.24, 2.45) is 5.92 Å². The lowest BCUT2D eigenvalue weighted by molar-refractivity contribution is -0.112. The molecule has 32 heavy (non-hydrogen) atoms. The third-order valence-corrected chi connectivity index (χ3v) is 5.91. The summed E-state index contributed by atoms with van der Waals surface area (Å²) in [6.45, 7) is 10.5. The van der Waals surface area contributed by atoms with Gasteiger partial charge in [-0.1, -0.05) is 25.4 Å². The van der Waals surface area contributed by atoms with Gasteiger partial charge >= 0.3 is 0 Å². The molecule has 0 bridgehead atoms. The topological polar surface area (TPSA) is 78.1 Å². The Hall–Kier alpha value is -3.04. The van der Waals surface area contributed by atoms with Gasteiger partial charge in [-0.3, -0.25) is 9.59 Å². The number of likely N-dealkylation sites (tertiary alicyclic amines) is 1. The SMILES string of the molecule is Cc1cc(/C=C(/C#N)C(=O)Nc2ccc(Cl)cc2C(=O)N2CCCC2)c(C)n1CC(C)C. The molecule has 0 atom stereocenters. The first-order valence-corrected chi connectivity index (χ1v) is 11.3. The van der Waals surface area contributed by atoms with Gasteiger partial charge in [-0.2, -0.15) is 5.26 Å². The number of nitrogens with zero attached hydrogens (tertiary/aromatic N) is 3. The van der Waals surface area contributed by atoms with E-state index in [4.69, 9.17) is 11.6 Å². The summed E-state index contributed by atoms with van der Waals surface area (Å²) in [7, 11) is 0. The largest absolute Gasteiger partial charge is 0.348 e. The highest BCUT2D eigenvalue weighted by molar-refractivity contribution is 6.31. The molecule has 1 fully saturated rings. The zero-order chi connectivity index (χ0) is 23.4. The van der Waals surface area contributed by atoms with Gasteiger partial charge in [0.15, 0.2) is 0 Å². The van der Waals surface area contributed by atoms with Crippen molar-refractivity contribution in [3.05, 3.63) is 57.4 Å². The first-order chi connectivity index (χ1) is 15.2. The number of halogens is 1. The van der Waals surface area contributed by atoms with Crippen molar-refractivity contribution in [3.63, 3.8) is 0 Å². The minimum Gasteiger partial charge on any atom is -0.348 e. The van der Waals surface area contributed by atoms with Crippen molar-refractivity contribution >= 4 is 35.2 Å². The number of carbonyl (C=O) groups excluding carboxylic acids is 2. The highest BCUT2D eigenvalue weighted by Gasteiger charge is 2.23. The fourth-order valence-electron chi connectivity index (χ4n) is 4.01. The van der Waals surface area contributed by atoms with Crippen LogP contribution < -0.4 is 5.32 Å². The van der Waals surface area contributed by atoms with E-state index >= 15 is 0 Å². The Morgan fingerprint density at radius 3 is 2.53 bits per heavy atom. The summed E-state index contributed by atoms with van der Waals surface area (Å²) >= 11 is 6.12. The second-order valence-electron chi connectivity index (χ2n) is 8.64. The monoisotopic (exact) mass is 452 g/mol. The van der Waals surface area contributed by atoms with Crippen LogP contribution in [0, 0.1) is 31.1 Å². The Labute approximate surface area is 194 Å². The summed E-state index contributed by atoms with van der Waals surface area (Å²) < 4.78 is 2.19. The van der Waals surface area contributed by atoms with Crippen molar-refractivity contribution in [1.29, 1.82) is 5.26 Å². The number of aromatic nitrogens is 1. The predicted octanol–water partition coefficient (Wildman–Crippen LogP) is 5.20. The van der Waals surface area contributed by atoms with Crippen molar-refractivity contribution < 1.29 is 9.59 Å². The minimum absolute atomic E-state index is 0.0238. The van der Waals surface area contributed by atoms with Gasteiger partial charge in [0.25, 0.3) is 11.8 Å². The van der Waals surface area contributed by atoms with Crippen molar-refractivity contribution in [2.45, 2.75) is 47.1 Å². The number of hydrogen-bond acceptors (Lipinski definition) is 3. The van der Waals surface area contributed by atoms with Crippen LogP contribution in [0.3, 0.4) is 0 Å². The Balaban J connectivity index is 1.88. The number of anilines is 1. The molecule has 6 nitrogen and oxygen atoms in total. The van der Waals surface area contributed by atoms with Gasteiger partial charge in [0, 0.05) is 36.0 Å². The lowest BCUT2D eigenvalue weighted by atomic mass is 10.1. The van der Waals surface area contributed by atoms with Gasteiger partial charge in [-0.25, -0.2) is 0 Å². The second-order valence-corrected chi connectivity index (χ2v) is 9.08. The lowest BCUT2D eigenvalue weighted by Gasteiger charge is -2.18. The summed E-state index contributed by atoms with van der Waals surface area (Å²) in [6, 6.07) is 8.77. The number of carbonyl (C=O) groups is 2. The maximum absolute atomic E-state index is 12.9. The first kappa shape index (κ1) is 23.6. The normalized spacial score (nSPS) is 14.0. The number of nitriles is 1. The third kappa shape index (κ3) is 5.23. The summed E-state index contributed by atoms with van der Waals surface area (Å²) in [5, 5.41) is 12.8. The van der Waals surface area contributed by atoms with E-state index in [1.807, 2.05) is 26.0 Å². The second kappa shape index (κ2) is 10.1. The molecule has 7 heteroatoms. The molecule has 0 aliphatic carbocycles. The average molecular weight is 453 g/mol. The molecule has 2 amide bonds. The van der Waals surface area contributed by atoms with Gasteiger partial charge in [-0.05, 0) is 68.5 Å². The van der Waals surface area contributed by atoms with Crippen LogP contribution in [0.2, 0.25) is 5.02 Å². The summed E-state index contributed by atoms with van der Waals surface area (Å²) in [4.78, 5) is 27.6. The number of hydrogen-bond donors (Lipinski definition) is 1. The highest BCUT2D eigenvalue weighted by atomic mass is 35.5. The predicted molar refractivity (Wildman–Crippen MR) is 128 cm³/mol. The van der Waals surface area contributed by atoms with Crippen LogP contribution in [0.25, 0.3) is 6.08 Å². The molecule has 1 aliphatic heterocycles. The van der Waals surface area contributed by atoms with Crippen LogP contribution in [0.1, 0.15) is 54.0 Å². The zero-order valence-electron chi connectivity index (χ0n) is 19.0. The van der Waals surface area contributed by atoms with Gasteiger partial charge in [0.2, 0.25) is 0 Å². The summed E-state index contributed by atoms with van der Waals surface area (Å²) in [5.41, 5.74) is 3.58. The molecule has 0 saturated carbocycles. The molecule has 1 aromatic carbocycles. The molecule has 0 radical (unpaired) electrons. The summed E-state index contributed by atoms with van der Waals surface area (Å²) in [6.07, 6.45) is 3.53. The Kier molecular flexibility index (Phi) is 7.42. The van der Waals surface area contributed by atoms with Crippen LogP contribution >= 0.6 is 11.6 Å². The van der Waals surface area contributed by atoms with E-state index in [0.29, 0.717) is 35.3 Å². The van der Waals surface area contributed by atoms with E-state index in [-0.39, 0.29) is 11.5 Å². The molecule has 2 heterocycles. The van der Waals surface area contributed by atoms with Crippen LogP contribution in [-0.2, 0) is 11.3 Å². The van der Waals surface area contributed by atoms with Gasteiger partial charge < -0.3 is 14.8 Å². The fourth-order valence-corrected chi connectivity index (χ4v) is 4.18. The van der Waals surface area contributed by atoms with Crippen LogP contribution in [0.5, 0.6) is 0 Å². The fraction of sp³-hybridized carbons (Fsp3) is 0.400. The quantitative estimate of drug-likeness (QED) is 0.483. The lowest BCUT2D eigenvalue weighted by Crippen LogP contribution is -2.29. The maximum atomic E-state index is 12.9. The molecule has 1 aliphatic rings. The zero-order valence-corrected chi connectivity index (χ0v) is 19.8. The standard InChI is InChI=1S/C25H29ClN4O2/c1-16(2)15-30-17(3)11-19(18(30)4)12-20(14-27)24(31)28-23-8-7-21(26)13-22(23)25(32)29-9-5-6-10-29/h7-8,11-13,16H,5-6,9-10,15H2,1-4H3,(H,28,31)/b20-12-. The maximum Gasteiger partial charge on any atom is 0.266 e. The molecule has 1 N–H and O–H groups in total. The van der Waals surface area contributed by atoms with Crippen molar-refractivity contribution in [2.75, 3.05) is 18.4 Å². The minimum atomic E-state index is -0.557. The van der Waals surface area contributed by atoms with Crippen LogP contribution in [-0.4, -0.2) is 34.4 Å². The average Bonchev–Trinajstić information content (AvgIpc) is 3.37. The number of nitrogens with one attached hydrogen (secondary N) is 1. The van der Waals surface area contributed by atoms with E-state index in [2.05, 4.69) is 23.7 Å². The Morgan fingerprint density at radius 2 is 1.91 bits per heavy atom. The van der Waals surface area contributed by atoms with E-state index in [9.17, 15) is 14.9 Å². The van der Waals surface area contributed by atoms with Crippen molar-refractivity contribution in [3.8, 4) is 6.07 Å². The number of rotatable bonds is 6. The molecule has 0 spiro atoms. The van der Waals surface area contributed by atoms with E-state index in [1.165, 1.54) is 0 Å². The molecule has 2 aromatic rings. The van der Waals surface area contributed by atoms with Crippen LogP contribution in [0.4, 0.5) is 5.69 Å². The molecule has 3 rings (SSSR count). The summed E-state index contributed by atoms with van der Waals surface area (Å²) in [5.74, 6) is -0.245.